The molecule has 0 aliphatic heterocycles. The molecule has 234 valence electrons. The molecule has 0 aliphatic carbocycles. The number of hydrogen-bond acceptors (Lipinski definition) is 5. The van der Waals surface area contributed by atoms with Gasteiger partial charge in [-0.3, -0.25) is 0 Å². The van der Waals surface area contributed by atoms with Crippen LogP contribution >= 0.6 is 0 Å². The molecule has 5 nitrogen and oxygen atoms in total. The van der Waals surface area contributed by atoms with Gasteiger partial charge in [-0.2, -0.15) is 0 Å². The normalized spacial score (nSPS) is 12.0. The van der Waals surface area contributed by atoms with Gasteiger partial charge >= 0.3 is 0 Å². The summed E-state index contributed by atoms with van der Waals surface area (Å²) in [6.07, 6.45) is 0. The smallest absolute Gasteiger partial charge is 0.228 e. The summed E-state index contributed by atoms with van der Waals surface area (Å²) >= 11 is 0. The number of anilines is 3. The predicted molar refractivity (Wildman–Crippen MR) is 204 cm³/mol. The van der Waals surface area contributed by atoms with Crippen molar-refractivity contribution < 1.29 is 13.3 Å². The molecule has 0 atom stereocenters. The van der Waals surface area contributed by atoms with Crippen LogP contribution in [0.5, 0.6) is 0 Å². The van der Waals surface area contributed by atoms with Crippen LogP contribution in [0.3, 0.4) is 0 Å². The Kier molecular flexibility index (Phi) is 5.60. The second-order valence-electron chi connectivity index (χ2n) is 12.8. The Morgan fingerprint density at radius 1 is 0.380 bits per heavy atom. The van der Waals surface area contributed by atoms with Gasteiger partial charge in [0.05, 0.1) is 0 Å². The van der Waals surface area contributed by atoms with E-state index >= 15 is 0 Å². The van der Waals surface area contributed by atoms with Crippen LogP contribution in [0.4, 0.5) is 17.1 Å². The van der Waals surface area contributed by atoms with E-state index in [4.69, 9.17) is 18.2 Å². The lowest BCUT2D eigenvalue weighted by Crippen LogP contribution is -2.09. The first-order valence-corrected chi connectivity index (χ1v) is 16.7. The fourth-order valence-electron chi connectivity index (χ4n) is 7.56. The minimum Gasteiger partial charge on any atom is -0.456 e. The van der Waals surface area contributed by atoms with E-state index in [2.05, 4.69) is 132 Å². The van der Waals surface area contributed by atoms with Crippen molar-refractivity contribution in [3.05, 3.63) is 158 Å². The second kappa shape index (κ2) is 10.3. The van der Waals surface area contributed by atoms with Gasteiger partial charge in [0.1, 0.15) is 27.8 Å². The number of oxazole rings is 1. The van der Waals surface area contributed by atoms with E-state index in [0.29, 0.717) is 5.89 Å². The van der Waals surface area contributed by atoms with Gasteiger partial charge in [-0.1, -0.05) is 78.9 Å². The Morgan fingerprint density at radius 2 is 1.04 bits per heavy atom. The van der Waals surface area contributed by atoms with Crippen LogP contribution in [0.2, 0.25) is 0 Å². The van der Waals surface area contributed by atoms with Gasteiger partial charge in [-0.15, -0.1) is 0 Å². The van der Waals surface area contributed by atoms with E-state index in [1.165, 1.54) is 10.8 Å². The maximum atomic E-state index is 6.55. The van der Waals surface area contributed by atoms with Crippen molar-refractivity contribution >= 4 is 93.6 Å². The van der Waals surface area contributed by atoms with Crippen LogP contribution in [0.1, 0.15) is 0 Å². The summed E-state index contributed by atoms with van der Waals surface area (Å²) in [5.74, 6) is 0.575. The van der Waals surface area contributed by atoms with Gasteiger partial charge in [0.25, 0.3) is 0 Å². The van der Waals surface area contributed by atoms with Crippen LogP contribution in [0, 0.1) is 0 Å². The molecule has 8 aromatic carbocycles. The highest BCUT2D eigenvalue weighted by molar-refractivity contribution is 6.19. The third-order valence-corrected chi connectivity index (χ3v) is 9.84. The minimum atomic E-state index is 0.575. The van der Waals surface area contributed by atoms with Crippen molar-refractivity contribution in [3.8, 4) is 11.5 Å². The lowest BCUT2D eigenvalue weighted by atomic mass is 10.0. The average Bonchev–Trinajstić information content (AvgIpc) is 3.87. The van der Waals surface area contributed by atoms with Crippen LogP contribution < -0.4 is 4.90 Å². The quantitative estimate of drug-likeness (QED) is 0.191. The molecule has 11 aromatic rings. The van der Waals surface area contributed by atoms with Crippen LogP contribution in [-0.2, 0) is 0 Å². The van der Waals surface area contributed by atoms with Crippen molar-refractivity contribution in [3.63, 3.8) is 0 Å². The zero-order valence-electron chi connectivity index (χ0n) is 26.6. The van der Waals surface area contributed by atoms with Gasteiger partial charge in [0.15, 0.2) is 5.58 Å². The molecule has 0 radical (unpaired) electrons. The fourth-order valence-corrected chi connectivity index (χ4v) is 7.56. The second-order valence-corrected chi connectivity index (χ2v) is 12.8. The zero-order valence-corrected chi connectivity index (χ0v) is 26.6. The van der Waals surface area contributed by atoms with Crippen LogP contribution in [0.25, 0.3) is 88.0 Å². The van der Waals surface area contributed by atoms with Crippen LogP contribution in [0.15, 0.2) is 171 Å². The lowest BCUT2D eigenvalue weighted by molar-refractivity contribution is 0.620. The van der Waals surface area contributed by atoms with Crippen molar-refractivity contribution in [1.82, 2.24) is 4.98 Å². The molecule has 0 aliphatic rings. The van der Waals surface area contributed by atoms with Crippen molar-refractivity contribution in [2.75, 3.05) is 4.90 Å². The van der Waals surface area contributed by atoms with E-state index in [-0.39, 0.29) is 0 Å². The summed E-state index contributed by atoms with van der Waals surface area (Å²) in [6.45, 7) is 0. The molecule has 50 heavy (non-hydrogen) atoms. The molecule has 3 heterocycles. The Morgan fingerprint density at radius 3 is 1.82 bits per heavy atom. The number of furan rings is 2. The first-order valence-electron chi connectivity index (χ1n) is 16.7. The van der Waals surface area contributed by atoms with Gasteiger partial charge in [-0.05, 0) is 88.3 Å². The molecule has 0 amide bonds. The molecule has 3 aromatic heterocycles. The van der Waals surface area contributed by atoms with Crippen molar-refractivity contribution in [2.45, 2.75) is 0 Å². The molecule has 0 saturated carbocycles. The highest BCUT2D eigenvalue weighted by atomic mass is 16.4. The largest absolute Gasteiger partial charge is 0.456 e. The number of benzene rings is 8. The number of aromatic nitrogens is 1. The van der Waals surface area contributed by atoms with Gasteiger partial charge < -0.3 is 18.2 Å². The molecular weight excluding hydrogens is 617 g/mol. The molecule has 0 fully saturated rings. The zero-order chi connectivity index (χ0) is 32.8. The maximum Gasteiger partial charge on any atom is 0.228 e. The molecule has 5 heteroatoms. The number of hydrogen-bond donors (Lipinski definition) is 0. The Bertz CT molecular complexity index is 3060. The minimum absolute atomic E-state index is 0.575. The van der Waals surface area contributed by atoms with Crippen LogP contribution in [-0.4, -0.2) is 4.98 Å². The summed E-state index contributed by atoms with van der Waals surface area (Å²) in [5, 5.41) is 8.87. The number of para-hydroxylation sites is 1. The first kappa shape index (κ1) is 27.1. The van der Waals surface area contributed by atoms with Crippen molar-refractivity contribution in [1.29, 1.82) is 0 Å². The van der Waals surface area contributed by atoms with E-state index in [1.54, 1.807) is 0 Å². The van der Waals surface area contributed by atoms with Gasteiger partial charge in [0, 0.05) is 56.3 Å². The summed E-state index contributed by atoms with van der Waals surface area (Å²) in [5.41, 5.74) is 8.77. The molecule has 0 bridgehead atoms. The summed E-state index contributed by atoms with van der Waals surface area (Å²) in [7, 11) is 0. The highest BCUT2D eigenvalue weighted by Gasteiger charge is 2.21. The topological polar surface area (TPSA) is 55.6 Å². The Balaban J connectivity index is 1.07. The number of fused-ring (bicyclic) bond motifs is 10. The monoisotopic (exact) mass is 642 g/mol. The summed E-state index contributed by atoms with van der Waals surface area (Å²) in [4.78, 5) is 7.17. The molecule has 0 spiro atoms. The molecule has 0 saturated heterocycles. The van der Waals surface area contributed by atoms with Gasteiger partial charge in [-0.25, -0.2) is 4.98 Å². The molecule has 11 rings (SSSR count). The first-order chi connectivity index (χ1) is 24.7. The SMILES string of the molecule is c1ccc(N(c2ccc3c(c2)oc2cccc(-c4nc5cc6ccccc6cc5o4)c23)c2ccc3c(c2)oc2ccc4ccccc4c23)cc1. The van der Waals surface area contributed by atoms with Gasteiger partial charge in [0.2, 0.25) is 5.89 Å². The third-order valence-electron chi connectivity index (χ3n) is 9.84. The predicted octanol–water partition coefficient (Wildman–Crippen LogP) is 13.1. The van der Waals surface area contributed by atoms with E-state index in [9.17, 15) is 0 Å². The maximum absolute atomic E-state index is 6.55. The average molecular weight is 643 g/mol. The van der Waals surface area contributed by atoms with E-state index in [1.807, 2.05) is 30.3 Å². The lowest BCUT2D eigenvalue weighted by Gasteiger charge is -2.25. The fraction of sp³-hybridized carbons (Fsp3) is 0. The molecular formula is C45H26N2O3. The van der Waals surface area contributed by atoms with E-state index in [0.717, 1.165) is 88.4 Å². The standard InChI is InChI=1S/C45H26N2O3/c1-2-12-30(13-3-1)47(31-18-20-34-40(25-31)49-39-22-17-27-9-6-7-14-33(27)43(34)39)32-19-21-35-41(26-32)48-38-16-8-15-36(44(35)38)45-46-37-23-28-10-4-5-11-29(28)24-42(37)50-45/h1-26H. The highest BCUT2D eigenvalue weighted by Crippen LogP contribution is 2.43. The summed E-state index contributed by atoms with van der Waals surface area (Å²) in [6, 6.07) is 54.4. The molecule has 0 N–H and O–H groups in total. The van der Waals surface area contributed by atoms with E-state index < -0.39 is 0 Å². The number of nitrogens with zero attached hydrogens (tertiary/aromatic N) is 2. The Hall–Kier alpha value is -6.85. The third kappa shape index (κ3) is 4.04. The molecule has 0 unspecified atom stereocenters. The van der Waals surface area contributed by atoms with Crippen molar-refractivity contribution in [2.24, 2.45) is 0 Å². The number of rotatable bonds is 4. The summed E-state index contributed by atoms with van der Waals surface area (Å²) < 4.78 is 19.4. The Labute approximate surface area is 285 Å².